The average Bonchev–Trinajstić information content (AvgIpc) is 2.34. The summed E-state index contributed by atoms with van der Waals surface area (Å²) in [5.41, 5.74) is 0. The molecule has 0 radical (unpaired) electrons. The summed E-state index contributed by atoms with van der Waals surface area (Å²) in [5.74, 6) is 0.184. The van der Waals surface area contributed by atoms with E-state index in [-0.39, 0.29) is 23.2 Å². The first kappa shape index (κ1) is 16.9. The third kappa shape index (κ3) is 5.10. The number of nitrogens with zero attached hydrogens (tertiary/aromatic N) is 1. The summed E-state index contributed by atoms with van der Waals surface area (Å²) in [5, 5.41) is 5.13. The molecule has 8 heteroatoms. The van der Waals surface area contributed by atoms with Crippen molar-refractivity contribution in [3.63, 3.8) is 0 Å². The Kier molecular flexibility index (Phi) is 5.97. The van der Waals surface area contributed by atoms with Crippen LogP contribution in [0.1, 0.15) is 12.8 Å². The van der Waals surface area contributed by atoms with Crippen molar-refractivity contribution in [1.29, 1.82) is 0 Å². The summed E-state index contributed by atoms with van der Waals surface area (Å²) in [4.78, 5) is 12.8. The van der Waals surface area contributed by atoms with E-state index in [1.54, 1.807) is 20.2 Å². The molecule has 0 aromatic heterocycles. The van der Waals surface area contributed by atoms with Crippen molar-refractivity contribution >= 4 is 31.9 Å². The van der Waals surface area contributed by atoms with Gasteiger partial charge in [0.2, 0.25) is 15.9 Å². The lowest BCUT2D eigenvalue weighted by Crippen LogP contribution is -2.22. The normalized spacial score (nSPS) is 11.2. The molecule has 112 valence electrons. The Bertz CT molecular complexity index is 587. The standard InChI is InChI=1S/C12H17BrN2O4S/c1-15(2)12(16)4-3-7-19-10-6-5-9(13)8-11(10)20(14,17)18/h5-6,8H,3-4,7H2,1-2H3,(H2,14,17,18). The minimum Gasteiger partial charge on any atom is -0.492 e. The lowest BCUT2D eigenvalue weighted by molar-refractivity contribution is -0.128. The molecule has 0 saturated carbocycles. The van der Waals surface area contributed by atoms with E-state index in [0.29, 0.717) is 17.3 Å². The zero-order valence-electron chi connectivity index (χ0n) is 11.3. The molecule has 2 N–H and O–H groups in total. The molecule has 1 aromatic carbocycles. The Labute approximate surface area is 127 Å². The Morgan fingerprint density at radius 1 is 1.40 bits per heavy atom. The number of halogens is 1. The fraction of sp³-hybridized carbons (Fsp3) is 0.417. The van der Waals surface area contributed by atoms with Crippen LogP contribution in [0.4, 0.5) is 0 Å². The van der Waals surface area contributed by atoms with Crippen LogP contribution in [0.3, 0.4) is 0 Å². The molecule has 1 amide bonds. The van der Waals surface area contributed by atoms with Crippen LogP contribution in [0, 0.1) is 0 Å². The molecule has 6 nitrogen and oxygen atoms in total. The molecule has 0 aliphatic carbocycles. The van der Waals surface area contributed by atoms with Crippen LogP contribution >= 0.6 is 15.9 Å². The molecule has 0 heterocycles. The number of rotatable bonds is 6. The second kappa shape index (κ2) is 7.05. The highest BCUT2D eigenvalue weighted by Gasteiger charge is 2.15. The van der Waals surface area contributed by atoms with E-state index in [2.05, 4.69) is 15.9 Å². The number of sulfonamides is 1. The van der Waals surface area contributed by atoms with Crippen molar-refractivity contribution in [3.8, 4) is 5.75 Å². The summed E-state index contributed by atoms with van der Waals surface area (Å²) in [6.45, 7) is 0.240. The van der Waals surface area contributed by atoms with Crippen LogP contribution in [-0.2, 0) is 14.8 Å². The lowest BCUT2D eigenvalue weighted by Gasteiger charge is -2.12. The smallest absolute Gasteiger partial charge is 0.241 e. The van der Waals surface area contributed by atoms with E-state index < -0.39 is 10.0 Å². The molecule has 0 atom stereocenters. The number of nitrogens with two attached hydrogens (primary N) is 1. The molecule has 0 spiro atoms. The van der Waals surface area contributed by atoms with Crippen molar-refractivity contribution in [1.82, 2.24) is 4.90 Å². The quantitative estimate of drug-likeness (QED) is 0.771. The summed E-state index contributed by atoms with van der Waals surface area (Å²) in [6, 6.07) is 4.57. The fourth-order valence-corrected chi connectivity index (χ4v) is 2.66. The van der Waals surface area contributed by atoms with Crippen LogP contribution in [0.25, 0.3) is 0 Å². The van der Waals surface area contributed by atoms with Crippen LogP contribution in [0.15, 0.2) is 27.6 Å². The van der Waals surface area contributed by atoms with Gasteiger partial charge in [-0.15, -0.1) is 0 Å². The molecular formula is C12H17BrN2O4S. The fourth-order valence-electron chi connectivity index (χ4n) is 1.45. The number of ether oxygens (including phenoxy) is 1. The molecule has 1 aromatic rings. The lowest BCUT2D eigenvalue weighted by atomic mass is 10.3. The van der Waals surface area contributed by atoms with Gasteiger partial charge in [-0.1, -0.05) is 15.9 Å². The SMILES string of the molecule is CN(C)C(=O)CCCOc1ccc(Br)cc1S(N)(=O)=O. The molecule has 0 bridgehead atoms. The first-order valence-corrected chi connectivity index (χ1v) is 8.21. The van der Waals surface area contributed by atoms with Gasteiger partial charge in [0.1, 0.15) is 10.6 Å². The van der Waals surface area contributed by atoms with Crippen molar-refractivity contribution in [3.05, 3.63) is 22.7 Å². The van der Waals surface area contributed by atoms with Crippen molar-refractivity contribution < 1.29 is 17.9 Å². The molecule has 0 aliphatic rings. The second-order valence-corrected chi connectivity index (χ2v) is 6.82. The zero-order chi connectivity index (χ0) is 15.3. The maximum atomic E-state index is 11.5. The van der Waals surface area contributed by atoms with Gasteiger partial charge in [0.15, 0.2) is 0 Å². The molecule has 20 heavy (non-hydrogen) atoms. The number of carbonyl (C=O) groups is 1. The summed E-state index contributed by atoms with van der Waals surface area (Å²) in [7, 11) is -0.498. The third-order valence-corrected chi connectivity index (χ3v) is 3.93. The highest BCUT2D eigenvalue weighted by molar-refractivity contribution is 9.10. The zero-order valence-corrected chi connectivity index (χ0v) is 13.7. The van der Waals surface area contributed by atoms with Gasteiger partial charge in [0.25, 0.3) is 0 Å². The summed E-state index contributed by atoms with van der Waals surface area (Å²) in [6.07, 6.45) is 0.839. The largest absolute Gasteiger partial charge is 0.492 e. The van der Waals surface area contributed by atoms with Crippen molar-refractivity contribution in [2.75, 3.05) is 20.7 Å². The molecule has 0 unspecified atom stereocenters. The van der Waals surface area contributed by atoms with Crippen molar-refractivity contribution in [2.45, 2.75) is 17.7 Å². The van der Waals surface area contributed by atoms with Crippen LogP contribution in [0.2, 0.25) is 0 Å². The number of hydrogen-bond donors (Lipinski definition) is 1. The van der Waals surface area contributed by atoms with Gasteiger partial charge in [-0.3, -0.25) is 4.79 Å². The predicted octanol–water partition coefficient (Wildman–Crippen LogP) is 1.34. The minimum atomic E-state index is -3.85. The van der Waals surface area contributed by atoms with Gasteiger partial charge in [-0.2, -0.15) is 0 Å². The minimum absolute atomic E-state index is 0.00363. The molecule has 0 aliphatic heterocycles. The van der Waals surface area contributed by atoms with E-state index >= 15 is 0 Å². The van der Waals surface area contributed by atoms with E-state index in [0.717, 1.165) is 0 Å². The molecular weight excluding hydrogens is 348 g/mol. The molecule has 0 fully saturated rings. The maximum Gasteiger partial charge on any atom is 0.241 e. The van der Waals surface area contributed by atoms with Gasteiger partial charge in [0.05, 0.1) is 6.61 Å². The van der Waals surface area contributed by atoms with Gasteiger partial charge in [-0.25, -0.2) is 13.6 Å². The van der Waals surface area contributed by atoms with E-state index in [4.69, 9.17) is 9.88 Å². The van der Waals surface area contributed by atoms with Crippen LogP contribution < -0.4 is 9.88 Å². The van der Waals surface area contributed by atoms with Gasteiger partial charge < -0.3 is 9.64 Å². The second-order valence-electron chi connectivity index (χ2n) is 4.38. The molecule has 1 rings (SSSR count). The predicted molar refractivity (Wildman–Crippen MR) is 78.9 cm³/mol. The van der Waals surface area contributed by atoms with Gasteiger partial charge in [-0.05, 0) is 24.6 Å². The van der Waals surface area contributed by atoms with Crippen LogP contribution in [0.5, 0.6) is 5.75 Å². The van der Waals surface area contributed by atoms with Gasteiger partial charge >= 0.3 is 0 Å². The highest BCUT2D eigenvalue weighted by atomic mass is 79.9. The average molecular weight is 365 g/mol. The Morgan fingerprint density at radius 3 is 2.60 bits per heavy atom. The topological polar surface area (TPSA) is 89.7 Å². The Morgan fingerprint density at radius 2 is 2.05 bits per heavy atom. The number of amides is 1. The van der Waals surface area contributed by atoms with Gasteiger partial charge in [0, 0.05) is 25.0 Å². The van der Waals surface area contributed by atoms with Crippen LogP contribution in [-0.4, -0.2) is 39.9 Å². The third-order valence-electron chi connectivity index (χ3n) is 2.50. The highest BCUT2D eigenvalue weighted by Crippen LogP contribution is 2.26. The van der Waals surface area contributed by atoms with E-state index in [9.17, 15) is 13.2 Å². The van der Waals surface area contributed by atoms with Crippen molar-refractivity contribution in [2.24, 2.45) is 5.14 Å². The first-order chi connectivity index (χ1) is 9.21. The first-order valence-electron chi connectivity index (χ1n) is 5.87. The number of primary sulfonamides is 1. The van der Waals surface area contributed by atoms with E-state index in [1.807, 2.05) is 0 Å². The Hall–Kier alpha value is -1.12. The number of hydrogen-bond acceptors (Lipinski definition) is 4. The summed E-state index contributed by atoms with van der Waals surface area (Å²) < 4.78 is 28.9. The van der Waals surface area contributed by atoms with E-state index in [1.165, 1.54) is 17.0 Å². The number of carbonyl (C=O) groups excluding carboxylic acids is 1. The summed E-state index contributed by atoms with van der Waals surface area (Å²) >= 11 is 3.18. The maximum absolute atomic E-state index is 11.5. The molecule has 0 saturated heterocycles. The number of benzene rings is 1. The monoisotopic (exact) mass is 364 g/mol. The Balaban J connectivity index is 2.67.